The van der Waals surface area contributed by atoms with E-state index in [-0.39, 0.29) is 11.0 Å². The highest BCUT2D eigenvalue weighted by Gasteiger charge is 2.15. The molecular formula is C21H25N3O3S. The molecule has 6 nitrogen and oxygen atoms in total. The molecule has 1 amide bonds. The Kier molecular flexibility index (Phi) is 6.97. The molecule has 1 heterocycles. The monoisotopic (exact) mass is 399 g/mol. The van der Waals surface area contributed by atoms with Crippen LogP contribution in [0.2, 0.25) is 0 Å². The molecule has 0 aliphatic carbocycles. The van der Waals surface area contributed by atoms with Gasteiger partial charge in [0.1, 0.15) is 5.75 Å². The molecule has 0 bridgehead atoms. The van der Waals surface area contributed by atoms with Crippen molar-refractivity contribution in [2.24, 2.45) is 0 Å². The molecule has 7 heteroatoms. The van der Waals surface area contributed by atoms with E-state index in [1.54, 1.807) is 13.2 Å². The van der Waals surface area contributed by atoms with Gasteiger partial charge in [-0.25, -0.2) is 0 Å². The summed E-state index contributed by atoms with van der Waals surface area (Å²) in [5.74, 6) is 0.247. The van der Waals surface area contributed by atoms with Crippen LogP contribution in [-0.4, -0.2) is 49.3 Å². The minimum atomic E-state index is -0.304. The maximum Gasteiger partial charge on any atom is 0.261 e. The first kappa shape index (κ1) is 20.3. The van der Waals surface area contributed by atoms with Crippen LogP contribution in [0.1, 0.15) is 21.5 Å². The molecule has 1 aliphatic rings. The van der Waals surface area contributed by atoms with Gasteiger partial charge in [-0.15, -0.1) is 0 Å². The van der Waals surface area contributed by atoms with E-state index in [4.69, 9.17) is 21.7 Å². The molecule has 2 N–H and O–H groups in total. The van der Waals surface area contributed by atoms with Crippen molar-refractivity contribution >= 4 is 28.9 Å². The van der Waals surface area contributed by atoms with Crippen LogP contribution in [0, 0.1) is 6.92 Å². The van der Waals surface area contributed by atoms with Gasteiger partial charge in [0.25, 0.3) is 5.91 Å². The quantitative estimate of drug-likeness (QED) is 0.754. The first-order valence-electron chi connectivity index (χ1n) is 9.22. The number of morpholine rings is 1. The summed E-state index contributed by atoms with van der Waals surface area (Å²) in [7, 11) is 1.55. The van der Waals surface area contributed by atoms with E-state index in [1.807, 2.05) is 31.2 Å². The lowest BCUT2D eigenvalue weighted by molar-refractivity contribution is 0.0342. The van der Waals surface area contributed by atoms with Crippen molar-refractivity contribution in [1.82, 2.24) is 10.2 Å². The second kappa shape index (κ2) is 9.64. The summed E-state index contributed by atoms with van der Waals surface area (Å²) in [6.45, 7) is 6.29. The minimum Gasteiger partial charge on any atom is -0.496 e. The Balaban J connectivity index is 1.56. The predicted molar refractivity (Wildman–Crippen MR) is 114 cm³/mol. The van der Waals surface area contributed by atoms with Gasteiger partial charge in [0.15, 0.2) is 5.11 Å². The fourth-order valence-electron chi connectivity index (χ4n) is 3.15. The van der Waals surface area contributed by atoms with Crippen LogP contribution >= 0.6 is 12.2 Å². The Morgan fingerprint density at radius 1 is 1.18 bits per heavy atom. The number of hydrogen-bond acceptors (Lipinski definition) is 5. The fourth-order valence-corrected chi connectivity index (χ4v) is 3.36. The van der Waals surface area contributed by atoms with Crippen LogP contribution < -0.4 is 15.4 Å². The molecule has 2 aromatic carbocycles. The van der Waals surface area contributed by atoms with Crippen LogP contribution in [0.5, 0.6) is 5.75 Å². The summed E-state index contributed by atoms with van der Waals surface area (Å²) in [5, 5.41) is 6.00. The van der Waals surface area contributed by atoms with Crippen LogP contribution in [0.3, 0.4) is 0 Å². The number of carbonyl (C=O) groups excluding carboxylic acids is 1. The number of nitrogens with one attached hydrogen (secondary N) is 2. The lowest BCUT2D eigenvalue weighted by Crippen LogP contribution is -2.35. The van der Waals surface area contributed by atoms with Crippen molar-refractivity contribution < 1.29 is 14.3 Å². The Bertz CT molecular complexity index is 833. The molecule has 148 valence electrons. The standard InChI is InChI=1S/C21H25N3O3S/c1-15-4-3-5-18(19(15)26-2)20(25)23-21(28)22-17-8-6-16(7-9-17)14-24-10-12-27-13-11-24/h3-9H,10-14H2,1-2H3,(H2,22,23,25,28). The normalized spacial score (nSPS) is 14.4. The van der Waals surface area contributed by atoms with Gasteiger partial charge in [0.05, 0.1) is 25.9 Å². The van der Waals surface area contributed by atoms with E-state index in [1.165, 1.54) is 5.56 Å². The zero-order valence-electron chi connectivity index (χ0n) is 16.2. The number of hydrogen-bond donors (Lipinski definition) is 2. The molecular weight excluding hydrogens is 374 g/mol. The van der Waals surface area contributed by atoms with Gasteiger partial charge in [0, 0.05) is 25.3 Å². The van der Waals surface area contributed by atoms with Gasteiger partial charge >= 0.3 is 0 Å². The highest BCUT2D eigenvalue weighted by molar-refractivity contribution is 7.80. The van der Waals surface area contributed by atoms with Crippen molar-refractivity contribution in [3.05, 3.63) is 59.2 Å². The summed E-state index contributed by atoms with van der Waals surface area (Å²) < 4.78 is 10.7. The minimum absolute atomic E-state index is 0.245. The molecule has 0 saturated carbocycles. The van der Waals surface area contributed by atoms with Crippen molar-refractivity contribution in [1.29, 1.82) is 0 Å². The SMILES string of the molecule is COc1c(C)cccc1C(=O)NC(=S)Nc1ccc(CN2CCOCC2)cc1. The van der Waals surface area contributed by atoms with Crippen LogP contribution in [0.4, 0.5) is 5.69 Å². The summed E-state index contributed by atoms with van der Waals surface area (Å²) in [6, 6.07) is 13.5. The maximum absolute atomic E-state index is 12.5. The maximum atomic E-state index is 12.5. The number of ether oxygens (including phenoxy) is 2. The van der Waals surface area contributed by atoms with Crippen LogP contribution in [-0.2, 0) is 11.3 Å². The van der Waals surface area contributed by atoms with E-state index in [9.17, 15) is 4.79 Å². The number of methoxy groups -OCH3 is 1. The Morgan fingerprint density at radius 3 is 2.57 bits per heavy atom. The smallest absolute Gasteiger partial charge is 0.261 e. The summed E-state index contributed by atoms with van der Waals surface area (Å²) in [6.07, 6.45) is 0. The molecule has 0 radical (unpaired) electrons. The number of carbonyl (C=O) groups is 1. The molecule has 1 saturated heterocycles. The molecule has 3 rings (SSSR count). The molecule has 0 unspecified atom stereocenters. The van der Waals surface area contributed by atoms with E-state index < -0.39 is 0 Å². The highest BCUT2D eigenvalue weighted by Crippen LogP contribution is 2.22. The van der Waals surface area contributed by atoms with Crippen molar-refractivity contribution in [3.8, 4) is 5.75 Å². The molecule has 0 atom stereocenters. The lowest BCUT2D eigenvalue weighted by atomic mass is 10.1. The van der Waals surface area contributed by atoms with Crippen molar-refractivity contribution in [3.63, 3.8) is 0 Å². The number of anilines is 1. The summed E-state index contributed by atoms with van der Waals surface area (Å²) >= 11 is 5.28. The number of rotatable bonds is 5. The molecule has 0 spiro atoms. The van der Waals surface area contributed by atoms with Gasteiger partial charge in [-0.1, -0.05) is 24.3 Å². The lowest BCUT2D eigenvalue weighted by Gasteiger charge is -2.26. The number of thiocarbonyl (C=S) groups is 1. The number of nitrogens with zero attached hydrogens (tertiary/aromatic N) is 1. The highest BCUT2D eigenvalue weighted by atomic mass is 32.1. The second-order valence-corrected chi connectivity index (χ2v) is 7.06. The predicted octanol–water partition coefficient (Wildman–Crippen LogP) is 2.96. The average Bonchev–Trinajstić information content (AvgIpc) is 2.70. The largest absolute Gasteiger partial charge is 0.496 e. The average molecular weight is 400 g/mol. The summed E-state index contributed by atoms with van der Waals surface area (Å²) in [4.78, 5) is 14.9. The van der Waals surface area contributed by atoms with E-state index in [2.05, 4.69) is 27.7 Å². The fraction of sp³-hybridized carbons (Fsp3) is 0.333. The molecule has 1 fully saturated rings. The van der Waals surface area contributed by atoms with Crippen LogP contribution in [0.25, 0.3) is 0 Å². The third kappa shape index (κ3) is 5.28. The van der Waals surface area contributed by atoms with E-state index in [0.29, 0.717) is 11.3 Å². The van der Waals surface area contributed by atoms with E-state index in [0.717, 1.165) is 44.1 Å². The van der Waals surface area contributed by atoms with Gasteiger partial charge in [-0.3, -0.25) is 15.0 Å². The third-order valence-corrected chi connectivity index (χ3v) is 4.81. The van der Waals surface area contributed by atoms with Gasteiger partial charge in [-0.05, 0) is 48.5 Å². The zero-order chi connectivity index (χ0) is 19.9. The van der Waals surface area contributed by atoms with Gasteiger partial charge < -0.3 is 14.8 Å². The molecule has 2 aromatic rings. The topological polar surface area (TPSA) is 62.8 Å². The Hall–Kier alpha value is -2.48. The van der Waals surface area contributed by atoms with Crippen molar-refractivity contribution in [2.45, 2.75) is 13.5 Å². The number of benzene rings is 2. The number of para-hydroxylation sites is 1. The summed E-state index contributed by atoms with van der Waals surface area (Å²) in [5.41, 5.74) is 3.40. The third-order valence-electron chi connectivity index (χ3n) is 4.61. The van der Waals surface area contributed by atoms with E-state index >= 15 is 0 Å². The Labute approximate surface area is 170 Å². The first-order valence-corrected chi connectivity index (χ1v) is 9.62. The number of aryl methyl sites for hydroxylation is 1. The van der Waals surface area contributed by atoms with Gasteiger partial charge in [0.2, 0.25) is 0 Å². The second-order valence-electron chi connectivity index (χ2n) is 6.65. The molecule has 28 heavy (non-hydrogen) atoms. The molecule has 1 aliphatic heterocycles. The van der Waals surface area contributed by atoms with Crippen LogP contribution in [0.15, 0.2) is 42.5 Å². The molecule has 0 aromatic heterocycles. The Morgan fingerprint density at radius 2 is 1.89 bits per heavy atom. The first-order chi connectivity index (χ1) is 13.6. The van der Waals surface area contributed by atoms with Gasteiger partial charge in [-0.2, -0.15) is 0 Å². The van der Waals surface area contributed by atoms with Crippen molar-refractivity contribution in [2.75, 3.05) is 38.7 Å². The zero-order valence-corrected chi connectivity index (χ0v) is 17.0. The number of amides is 1.